The molecule has 0 radical (unpaired) electrons. The van der Waals surface area contributed by atoms with Crippen LogP contribution in [0.2, 0.25) is 0 Å². The van der Waals surface area contributed by atoms with Crippen LogP contribution >= 0.6 is 0 Å². The standard InChI is InChI=1S/C11H12FNO5/c1-11(2,10(14)15)6-18-9-5-7(12)3-4-8(9)13(16)17/h3-5H,6H2,1-2H3,(H,14,15). The lowest BCUT2D eigenvalue weighted by atomic mass is 9.95. The molecule has 0 amide bonds. The SMILES string of the molecule is CC(C)(COc1cc(F)ccc1[N+](=O)[O-])C(=O)O. The molecule has 98 valence electrons. The highest BCUT2D eigenvalue weighted by molar-refractivity contribution is 5.73. The van der Waals surface area contributed by atoms with Crippen molar-refractivity contribution in [3.8, 4) is 5.75 Å². The van der Waals surface area contributed by atoms with E-state index in [9.17, 15) is 19.3 Å². The Balaban J connectivity index is 2.94. The van der Waals surface area contributed by atoms with E-state index in [1.165, 1.54) is 13.8 Å². The lowest BCUT2D eigenvalue weighted by Gasteiger charge is -2.19. The van der Waals surface area contributed by atoms with E-state index in [-0.39, 0.29) is 12.4 Å². The van der Waals surface area contributed by atoms with E-state index in [2.05, 4.69) is 0 Å². The molecule has 0 fully saturated rings. The minimum absolute atomic E-state index is 0.283. The number of carboxylic acid groups (broad SMARTS) is 1. The van der Waals surface area contributed by atoms with Gasteiger partial charge in [-0.15, -0.1) is 0 Å². The van der Waals surface area contributed by atoms with Crippen molar-refractivity contribution < 1.29 is 24.0 Å². The van der Waals surface area contributed by atoms with Crippen molar-refractivity contribution in [2.24, 2.45) is 5.41 Å². The van der Waals surface area contributed by atoms with Crippen LogP contribution in [0, 0.1) is 21.3 Å². The van der Waals surface area contributed by atoms with Gasteiger partial charge in [0.1, 0.15) is 12.4 Å². The van der Waals surface area contributed by atoms with Crippen molar-refractivity contribution >= 4 is 11.7 Å². The van der Waals surface area contributed by atoms with E-state index < -0.39 is 27.8 Å². The van der Waals surface area contributed by atoms with Crippen molar-refractivity contribution in [3.05, 3.63) is 34.1 Å². The highest BCUT2D eigenvalue weighted by Gasteiger charge is 2.29. The summed E-state index contributed by atoms with van der Waals surface area (Å²) < 4.78 is 18.0. The second kappa shape index (κ2) is 4.99. The summed E-state index contributed by atoms with van der Waals surface area (Å²) in [6, 6.07) is 2.77. The molecule has 18 heavy (non-hydrogen) atoms. The third-order valence-corrected chi connectivity index (χ3v) is 2.29. The number of nitro benzene ring substituents is 1. The number of rotatable bonds is 5. The average molecular weight is 257 g/mol. The van der Waals surface area contributed by atoms with Crippen LogP contribution in [-0.2, 0) is 4.79 Å². The summed E-state index contributed by atoms with van der Waals surface area (Å²) >= 11 is 0. The number of hydrogen-bond donors (Lipinski definition) is 1. The maximum Gasteiger partial charge on any atom is 0.312 e. The highest BCUT2D eigenvalue weighted by Crippen LogP contribution is 2.29. The van der Waals surface area contributed by atoms with E-state index in [0.29, 0.717) is 0 Å². The molecule has 0 aliphatic carbocycles. The second-order valence-corrected chi connectivity index (χ2v) is 4.35. The second-order valence-electron chi connectivity index (χ2n) is 4.35. The lowest BCUT2D eigenvalue weighted by molar-refractivity contribution is -0.386. The van der Waals surface area contributed by atoms with Crippen LogP contribution in [0.3, 0.4) is 0 Å². The Morgan fingerprint density at radius 3 is 2.67 bits per heavy atom. The maximum atomic E-state index is 13.0. The molecule has 1 aromatic rings. The summed E-state index contributed by atoms with van der Waals surface area (Å²) in [6.07, 6.45) is 0. The van der Waals surface area contributed by atoms with E-state index in [4.69, 9.17) is 9.84 Å². The molecule has 0 unspecified atom stereocenters. The minimum atomic E-state index is -1.22. The number of halogens is 1. The molecule has 0 heterocycles. The fourth-order valence-corrected chi connectivity index (χ4v) is 1.07. The zero-order chi connectivity index (χ0) is 13.9. The summed E-state index contributed by atoms with van der Waals surface area (Å²) in [7, 11) is 0. The van der Waals surface area contributed by atoms with Crippen LogP contribution in [0.15, 0.2) is 18.2 Å². The number of ether oxygens (including phenoxy) is 1. The van der Waals surface area contributed by atoms with Gasteiger partial charge in [-0.25, -0.2) is 4.39 Å². The van der Waals surface area contributed by atoms with E-state index >= 15 is 0 Å². The Morgan fingerprint density at radius 2 is 2.17 bits per heavy atom. The number of nitrogens with zero attached hydrogens (tertiary/aromatic N) is 1. The first-order chi connectivity index (χ1) is 8.24. The molecule has 0 bridgehead atoms. The smallest absolute Gasteiger partial charge is 0.312 e. The van der Waals surface area contributed by atoms with Crippen molar-refractivity contribution in [1.82, 2.24) is 0 Å². The molecular formula is C11H12FNO5. The van der Waals surface area contributed by atoms with Crippen molar-refractivity contribution in [2.75, 3.05) is 6.61 Å². The van der Waals surface area contributed by atoms with Gasteiger partial charge >= 0.3 is 11.7 Å². The molecule has 0 aromatic heterocycles. The number of benzene rings is 1. The lowest BCUT2D eigenvalue weighted by Crippen LogP contribution is -2.30. The summed E-state index contributed by atoms with van der Waals surface area (Å²) in [4.78, 5) is 20.8. The van der Waals surface area contributed by atoms with Gasteiger partial charge in [0.2, 0.25) is 0 Å². The first-order valence-electron chi connectivity index (χ1n) is 5.04. The molecule has 7 heteroatoms. The number of carbonyl (C=O) groups is 1. The van der Waals surface area contributed by atoms with Crippen LogP contribution in [0.25, 0.3) is 0 Å². The van der Waals surface area contributed by atoms with Crippen molar-refractivity contribution in [2.45, 2.75) is 13.8 Å². The highest BCUT2D eigenvalue weighted by atomic mass is 19.1. The summed E-state index contributed by atoms with van der Waals surface area (Å²) in [5, 5.41) is 19.5. The number of nitro groups is 1. The van der Waals surface area contributed by atoms with E-state index in [0.717, 1.165) is 18.2 Å². The van der Waals surface area contributed by atoms with Gasteiger partial charge in [-0.2, -0.15) is 0 Å². The van der Waals surface area contributed by atoms with Gasteiger partial charge in [0.25, 0.3) is 0 Å². The van der Waals surface area contributed by atoms with Crippen molar-refractivity contribution in [3.63, 3.8) is 0 Å². The number of aliphatic carboxylic acids is 1. The third-order valence-electron chi connectivity index (χ3n) is 2.29. The molecule has 0 saturated carbocycles. The first-order valence-corrected chi connectivity index (χ1v) is 5.04. The van der Waals surface area contributed by atoms with Gasteiger partial charge in [-0.1, -0.05) is 0 Å². The predicted molar refractivity (Wildman–Crippen MR) is 60.0 cm³/mol. The van der Waals surface area contributed by atoms with Crippen LogP contribution in [0.5, 0.6) is 5.75 Å². The first kappa shape index (κ1) is 13.9. The summed E-state index contributed by atoms with van der Waals surface area (Å²) in [5.41, 5.74) is -1.63. The monoisotopic (exact) mass is 257 g/mol. The van der Waals surface area contributed by atoms with Crippen molar-refractivity contribution in [1.29, 1.82) is 0 Å². The molecule has 0 aliphatic heterocycles. The number of carboxylic acids is 1. The van der Waals surface area contributed by atoms with Gasteiger partial charge in [-0.05, 0) is 19.9 Å². The van der Waals surface area contributed by atoms with Gasteiger partial charge < -0.3 is 9.84 Å². The Bertz CT molecular complexity index is 486. The fraction of sp³-hybridized carbons (Fsp3) is 0.364. The molecule has 1 rings (SSSR count). The van der Waals surface area contributed by atoms with Gasteiger partial charge in [0, 0.05) is 12.1 Å². The fourth-order valence-electron chi connectivity index (χ4n) is 1.07. The quantitative estimate of drug-likeness (QED) is 0.645. The average Bonchev–Trinajstić information content (AvgIpc) is 2.26. The normalized spacial score (nSPS) is 11.1. The molecular weight excluding hydrogens is 245 g/mol. The molecule has 6 nitrogen and oxygen atoms in total. The van der Waals surface area contributed by atoms with Gasteiger partial charge in [0.05, 0.1) is 10.3 Å². The molecule has 1 aromatic carbocycles. The minimum Gasteiger partial charge on any atom is -0.486 e. The Hall–Kier alpha value is -2.18. The van der Waals surface area contributed by atoms with Crippen LogP contribution in [0.1, 0.15) is 13.8 Å². The molecule has 1 N–H and O–H groups in total. The zero-order valence-electron chi connectivity index (χ0n) is 9.84. The molecule has 0 aliphatic rings. The molecule has 0 atom stereocenters. The molecule has 0 spiro atoms. The van der Waals surface area contributed by atoms with E-state index in [1.54, 1.807) is 0 Å². The van der Waals surface area contributed by atoms with Crippen LogP contribution < -0.4 is 4.74 Å². The summed E-state index contributed by atoms with van der Waals surface area (Å²) in [6.45, 7) is 2.51. The van der Waals surface area contributed by atoms with E-state index in [1.807, 2.05) is 0 Å². The largest absolute Gasteiger partial charge is 0.486 e. The van der Waals surface area contributed by atoms with Gasteiger partial charge in [-0.3, -0.25) is 14.9 Å². The van der Waals surface area contributed by atoms with Crippen LogP contribution in [0.4, 0.5) is 10.1 Å². The Labute approximate surface area is 102 Å². The Kier molecular flexibility index (Phi) is 3.85. The van der Waals surface area contributed by atoms with Gasteiger partial charge in [0.15, 0.2) is 5.75 Å². The number of hydrogen-bond acceptors (Lipinski definition) is 4. The third kappa shape index (κ3) is 3.16. The predicted octanol–water partition coefficient (Wildman–Crippen LogP) is 2.22. The zero-order valence-corrected chi connectivity index (χ0v) is 9.84. The molecule has 0 saturated heterocycles. The van der Waals surface area contributed by atoms with Crippen LogP contribution in [-0.4, -0.2) is 22.6 Å². The summed E-state index contributed by atoms with van der Waals surface area (Å²) in [5.74, 6) is -2.08. The maximum absolute atomic E-state index is 13.0. The topological polar surface area (TPSA) is 89.7 Å². The Morgan fingerprint density at radius 1 is 1.56 bits per heavy atom.